The zero-order valence-electron chi connectivity index (χ0n) is 14.1. The second-order valence-electron chi connectivity index (χ2n) is 6.16. The molecule has 0 fully saturated rings. The predicted octanol–water partition coefficient (Wildman–Crippen LogP) is 4.83. The van der Waals surface area contributed by atoms with E-state index in [-0.39, 0.29) is 23.2 Å². The summed E-state index contributed by atoms with van der Waals surface area (Å²) >= 11 is 0. The quantitative estimate of drug-likeness (QED) is 0.560. The van der Waals surface area contributed by atoms with Crippen molar-refractivity contribution in [2.24, 2.45) is 0 Å². The van der Waals surface area contributed by atoms with E-state index in [2.05, 4.69) is 6.58 Å². The number of rotatable bonds is 4. The number of phenolic OH excluding ortho intramolecular Hbond substituents is 3. The second kappa shape index (κ2) is 6.37. The lowest BCUT2D eigenvalue weighted by Gasteiger charge is -2.24. The van der Waals surface area contributed by atoms with Gasteiger partial charge in [0.2, 0.25) is 0 Å². The van der Waals surface area contributed by atoms with Gasteiger partial charge in [-0.3, -0.25) is 0 Å². The summed E-state index contributed by atoms with van der Waals surface area (Å²) in [6, 6.07) is 7.00. The molecule has 0 heterocycles. The van der Waals surface area contributed by atoms with Gasteiger partial charge in [0.05, 0.1) is 0 Å². The van der Waals surface area contributed by atoms with Gasteiger partial charge in [0.15, 0.2) is 11.5 Å². The average Bonchev–Trinajstić information content (AvgIpc) is 2.49. The lowest BCUT2D eigenvalue weighted by molar-refractivity contribution is 0.402. The van der Waals surface area contributed by atoms with Gasteiger partial charge in [0, 0.05) is 11.5 Å². The molecule has 0 aliphatic heterocycles. The molecule has 0 spiro atoms. The summed E-state index contributed by atoms with van der Waals surface area (Å²) in [5.41, 5.74) is 5.28. The van der Waals surface area contributed by atoms with Crippen LogP contribution in [-0.2, 0) is 0 Å². The molecule has 0 saturated heterocycles. The summed E-state index contributed by atoms with van der Waals surface area (Å²) in [7, 11) is 0. The molecule has 122 valence electrons. The summed E-state index contributed by atoms with van der Waals surface area (Å²) in [6.07, 6.45) is 0.748. The van der Waals surface area contributed by atoms with E-state index in [1.54, 1.807) is 12.1 Å². The number of hydrogen-bond acceptors (Lipinski definition) is 3. The maximum Gasteiger partial charge on any atom is 0.157 e. The fourth-order valence-electron chi connectivity index (χ4n) is 3.03. The Balaban J connectivity index is 2.74. The van der Waals surface area contributed by atoms with Crippen molar-refractivity contribution in [1.82, 2.24) is 0 Å². The molecule has 0 aliphatic carbocycles. The van der Waals surface area contributed by atoms with Gasteiger partial charge in [0.25, 0.3) is 0 Å². The summed E-state index contributed by atoms with van der Waals surface area (Å²) in [4.78, 5) is 0. The van der Waals surface area contributed by atoms with Crippen LogP contribution in [0, 0.1) is 20.8 Å². The molecule has 2 rings (SSSR count). The maximum absolute atomic E-state index is 10.6. The fourth-order valence-corrected chi connectivity index (χ4v) is 3.03. The molecule has 3 N–H and O–H groups in total. The average molecular weight is 312 g/mol. The van der Waals surface area contributed by atoms with Crippen molar-refractivity contribution in [3.05, 3.63) is 64.2 Å². The van der Waals surface area contributed by atoms with Crippen LogP contribution in [0.25, 0.3) is 0 Å². The first-order chi connectivity index (χ1) is 10.8. The topological polar surface area (TPSA) is 60.7 Å². The molecule has 0 aliphatic rings. The van der Waals surface area contributed by atoms with E-state index in [9.17, 15) is 15.3 Å². The summed E-state index contributed by atoms with van der Waals surface area (Å²) in [5, 5.41) is 30.2. The van der Waals surface area contributed by atoms with Crippen molar-refractivity contribution < 1.29 is 15.3 Å². The van der Waals surface area contributed by atoms with Crippen LogP contribution in [0.5, 0.6) is 17.2 Å². The van der Waals surface area contributed by atoms with Crippen LogP contribution < -0.4 is 0 Å². The van der Waals surface area contributed by atoms with Crippen LogP contribution in [0.4, 0.5) is 0 Å². The van der Waals surface area contributed by atoms with Crippen LogP contribution in [0.15, 0.2) is 36.4 Å². The van der Waals surface area contributed by atoms with Crippen molar-refractivity contribution in [3.8, 4) is 17.2 Å². The second-order valence-corrected chi connectivity index (χ2v) is 6.16. The number of aromatic hydroxyl groups is 3. The Labute approximate surface area is 137 Å². The molecule has 0 aromatic heterocycles. The number of allylic oxidation sites excluding steroid dienone is 1. The molecule has 1 unspecified atom stereocenters. The highest BCUT2D eigenvalue weighted by Crippen LogP contribution is 2.43. The smallest absolute Gasteiger partial charge is 0.157 e. The number of benzene rings is 2. The first-order valence-corrected chi connectivity index (χ1v) is 7.76. The maximum atomic E-state index is 10.6. The van der Waals surface area contributed by atoms with Gasteiger partial charge in [-0.1, -0.05) is 36.8 Å². The van der Waals surface area contributed by atoms with E-state index in [0.29, 0.717) is 0 Å². The lowest BCUT2D eigenvalue weighted by atomic mass is 9.80. The van der Waals surface area contributed by atoms with Crippen LogP contribution in [0.1, 0.15) is 47.1 Å². The van der Waals surface area contributed by atoms with Gasteiger partial charge < -0.3 is 15.3 Å². The van der Waals surface area contributed by atoms with Crippen LogP contribution in [-0.4, -0.2) is 15.3 Å². The monoisotopic (exact) mass is 312 g/mol. The molecule has 0 amide bonds. The third-order valence-electron chi connectivity index (χ3n) is 4.32. The molecule has 3 heteroatoms. The van der Waals surface area contributed by atoms with Crippen molar-refractivity contribution >= 4 is 0 Å². The highest BCUT2D eigenvalue weighted by atomic mass is 16.3. The summed E-state index contributed by atoms with van der Waals surface area (Å²) < 4.78 is 0. The van der Waals surface area contributed by atoms with E-state index >= 15 is 0 Å². The van der Waals surface area contributed by atoms with Gasteiger partial charge in [0.1, 0.15) is 5.75 Å². The third kappa shape index (κ3) is 3.19. The Hall–Kier alpha value is -2.42. The first kappa shape index (κ1) is 16.9. The number of hydrogen-bond donors (Lipinski definition) is 3. The molecular formula is C20H24O3. The molecule has 23 heavy (non-hydrogen) atoms. The molecule has 2 aromatic rings. The van der Waals surface area contributed by atoms with Gasteiger partial charge >= 0.3 is 0 Å². The van der Waals surface area contributed by atoms with Crippen molar-refractivity contribution in [2.45, 2.75) is 40.0 Å². The Morgan fingerprint density at radius 3 is 2.13 bits per heavy atom. The normalized spacial score (nSPS) is 12.2. The van der Waals surface area contributed by atoms with E-state index in [0.717, 1.165) is 39.8 Å². The van der Waals surface area contributed by atoms with Crippen LogP contribution in [0.2, 0.25) is 0 Å². The Morgan fingerprint density at radius 1 is 0.913 bits per heavy atom. The fraction of sp³-hybridized carbons (Fsp3) is 0.300. The van der Waals surface area contributed by atoms with Gasteiger partial charge in [-0.15, -0.1) is 0 Å². The molecule has 1 atom stereocenters. The van der Waals surface area contributed by atoms with Crippen molar-refractivity contribution in [1.29, 1.82) is 0 Å². The van der Waals surface area contributed by atoms with Gasteiger partial charge in [-0.05, 0) is 56.0 Å². The molecule has 0 saturated carbocycles. The highest BCUT2D eigenvalue weighted by Gasteiger charge is 2.24. The Kier molecular flexibility index (Phi) is 4.69. The van der Waals surface area contributed by atoms with E-state index in [1.807, 2.05) is 39.8 Å². The van der Waals surface area contributed by atoms with Crippen molar-refractivity contribution in [3.63, 3.8) is 0 Å². The Bertz CT molecular complexity index is 760. The van der Waals surface area contributed by atoms with Gasteiger partial charge in [-0.25, -0.2) is 0 Å². The van der Waals surface area contributed by atoms with E-state index in [4.69, 9.17) is 0 Å². The van der Waals surface area contributed by atoms with Crippen LogP contribution in [0.3, 0.4) is 0 Å². The number of phenols is 3. The minimum absolute atomic E-state index is 0.142. The zero-order chi connectivity index (χ0) is 17.3. The third-order valence-corrected chi connectivity index (χ3v) is 4.32. The standard InChI is InChI=1S/C20H24O3/c1-6-12(3)19(15-10-18(22)17(21)9-13(15)4)16-8-11(2)7-14(5)20(16)23/h7-10,19,21-23H,3,6H2,1-2,4-5H3. The van der Waals surface area contributed by atoms with Crippen LogP contribution >= 0.6 is 0 Å². The van der Waals surface area contributed by atoms with E-state index < -0.39 is 0 Å². The zero-order valence-corrected chi connectivity index (χ0v) is 14.1. The molecule has 0 radical (unpaired) electrons. The lowest BCUT2D eigenvalue weighted by Crippen LogP contribution is -2.07. The molecule has 0 bridgehead atoms. The van der Waals surface area contributed by atoms with Gasteiger partial charge in [-0.2, -0.15) is 0 Å². The molecular weight excluding hydrogens is 288 g/mol. The largest absolute Gasteiger partial charge is 0.507 e. The highest BCUT2D eigenvalue weighted by molar-refractivity contribution is 5.56. The minimum Gasteiger partial charge on any atom is -0.507 e. The summed E-state index contributed by atoms with van der Waals surface area (Å²) in [6.45, 7) is 11.9. The molecule has 3 nitrogen and oxygen atoms in total. The SMILES string of the molecule is C=C(CC)C(c1cc(O)c(O)cc1C)c1cc(C)cc(C)c1O. The minimum atomic E-state index is -0.231. The summed E-state index contributed by atoms with van der Waals surface area (Å²) in [5.74, 6) is -0.285. The Morgan fingerprint density at radius 2 is 1.52 bits per heavy atom. The predicted molar refractivity (Wildman–Crippen MR) is 93.4 cm³/mol. The number of aryl methyl sites for hydroxylation is 3. The van der Waals surface area contributed by atoms with Crippen molar-refractivity contribution in [2.75, 3.05) is 0 Å². The van der Waals surface area contributed by atoms with E-state index in [1.165, 1.54) is 0 Å². The first-order valence-electron chi connectivity index (χ1n) is 7.76. The molecule has 2 aromatic carbocycles.